The highest BCUT2D eigenvalue weighted by molar-refractivity contribution is 6.34. The van der Waals surface area contributed by atoms with Crippen molar-refractivity contribution >= 4 is 23.2 Å². The molecule has 2 heterocycles. The van der Waals surface area contributed by atoms with Crippen LogP contribution in [0.4, 0.5) is 0 Å². The molecule has 0 atom stereocenters. The third-order valence-electron chi connectivity index (χ3n) is 2.38. The number of pyridine rings is 2. The molecule has 0 aliphatic carbocycles. The molecule has 0 spiro atoms. The van der Waals surface area contributed by atoms with Crippen LogP contribution in [-0.4, -0.2) is 16.6 Å². The fourth-order valence-electron chi connectivity index (χ4n) is 1.45. The minimum atomic E-state index is 0.386. The van der Waals surface area contributed by atoms with Gasteiger partial charge in [0.1, 0.15) is 5.15 Å². The Labute approximate surface area is 116 Å². The van der Waals surface area contributed by atoms with Gasteiger partial charge in [-0.15, -0.1) is 0 Å². The molecular weight excluding hydrogens is 271 g/mol. The van der Waals surface area contributed by atoms with Crippen LogP contribution < -0.4 is 0 Å². The topological polar surface area (TPSA) is 35.0 Å². The van der Waals surface area contributed by atoms with Crippen LogP contribution in [0.15, 0.2) is 36.7 Å². The third kappa shape index (κ3) is 3.95. The molecule has 0 fully saturated rings. The fourth-order valence-corrected chi connectivity index (χ4v) is 1.87. The first kappa shape index (κ1) is 13.3. The van der Waals surface area contributed by atoms with Crippen molar-refractivity contribution in [2.24, 2.45) is 0 Å². The third-order valence-corrected chi connectivity index (χ3v) is 2.94. The molecule has 94 valence electrons. The van der Waals surface area contributed by atoms with Crippen molar-refractivity contribution in [3.05, 3.63) is 58.1 Å². The fraction of sp³-hybridized carbons (Fsp3) is 0.231. The van der Waals surface area contributed by atoms with E-state index >= 15 is 0 Å². The lowest BCUT2D eigenvalue weighted by Crippen LogP contribution is -2.01. The number of ether oxygens (including phenoxy) is 1. The van der Waals surface area contributed by atoms with E-state index in [1.165, 1.54) is 0 Å². The molecule has 0 amide bonds. The molecule has 2 rings (SSSR count). The molecule has 18 heavy (non-hydrogen) atoms. The zero-order chi connectivity index (χ0) is 12.8. The van der Waals surface area contributed by atoms with Gasteiger partial charge in [0.25, 0.3) is 0 Å². The molecule has 0 bridgehead atoms. The van der Waals surface area contributed by atoms with Gasteiger partial charge < -0.3 is 4.74 Å². The summed E-state index contributed by atoms with van der Waals surface area (Å²) in [6.45, 7) is 1.02. The predicted molar refractivity (Wildman–Crippen MR) is 71.9 cm³/mol. The van der Waals surface area contributed by atoms with Gasteiger partial charge in [0.15, 0.2) is 0 Å². The van der Waals surface area contributed by atoms with Crippen LogP contribution in [0.2, 0.25) is 10.2 Å². The highest BCUT2D eigenvalue weighted by Crippen LogP contribution is 2.19. The molecule has 5 heteroatoms. The number of hydrogen-bond acceptors (Lipinski definition) is 3. The van der Waals surface area contributed by atoms with Crippen molar-refractivity contribution in [3.63, 3.8) is 0 Å². The van der Waals surface area contributed by atoms with E-state index in [1.54, 1.807) is 18.5 Å². The number of hydrogen-bond donors (Lipinski definition) is 0. The van der Waals surface area contributed by atoms with Crippen molar-refractivity contribution < 1.29 is 4.74 Å². The van der Waals surface area contributed by atoms with Crippen molar-refractivity contribution in [2.75, 3.05) is 6.61 Å². The summed E-state index contributed by atoms with van der Waals surface area (Å²) in [5.41, 5.74) is 1.85. The second-order valence-corrected chi connectivity index (χ2v) is 4.52. The van der Waals surface area contributed by atoms with Crippen LogP contribution in [0.1, 0.15) is 11.3 Å². The van der Waals surface area contributed by atoms with E-state index in [4.69, 9.17) is 27.9 Å². The average molecular weight is 283 g/mol. The Balaban J connectivity index is 1.79. The molecule has 0 unspecified atom stereocenters. The van der Waals surface area contributed by atoms with Crippen LogP contribution in [0.3, 0.4) is 0 Å². The van der Waals surface area contributed by atoms with Gasteiger partial charge >= 0.3 is 0 Å². The Morgan fingerprint density at radius 1 is 1.17 bits per heavy atom. The smallest absolute Gasteiger partial charge is 0.130 e. The Morgan fingerprint density at radius 3 is 2.78 bits per heavy atom. The van der Waals surface area contributed by atoms with Crippen LogP contribution in [0.25, 0.3) is 0 Å². The van der Waals surface area contributed by atoms with Crippen LogP contribution in [0.5, 0.6) is 0 Å². The second kappa shape index (κ2) is 6.69. The monoisotopic (exact) mass is 282 g/mol. The summed E-state index contributed by atoms with van der Waals surface area (Å²) in [5, 5.41) is 0.963. The second-order valence-electron chi connectivity index (χ2n) is 3.72. The SMILES string of the molecule is Clc1cc(Cl)c(COCCc2ccccn2)cn1. The summed E-state index contributed by atoms with van der Waals surface area (Å²) in [6, 6.07) is 7.44. The lowest BCUT2D eigenvalue weighted by Gasteiger charge is -2.05. The maximum atomic E-state index is 6.01. The van der Waals surface area contributed by atoms with Crippen molar-refractivity contribution in [1.29, 1.82) is 0 Å². The molecule has 0 N–H and O–H groups in total. The normalized spacial score (nSPS) is 10.6. The minimum absolute atomic E-state index is 0.386. The molecule has 0 aliphatic rings. The van der Waals surface area contributed by atoms with Gasteiger partial charge in [-0.1, -0.05) is 29.3 Å². The lowest BCUT2D eigenvalue weighted by molar-refractivity contribution is 0.123. The van der Waals surface area contributed by atoms with Crippen molar-refractivity contribution in [1.82, 2.24) is 9.97 Å². The summed E-state index contributed by atoms with van der Waals surface area (Å²) in [4.78, 5) is 8.18. The van der Waals surface area contributed by atoms with Crippen LogP contribution in [-0.2, 0) is 17.8 Å². The summed E-state index contributed by atoms with van der Waals surface area (Å²) in [7, 11) is 0. The van der Waals surface area contributed by atoms with E-state index in [0.29, 0.717) is 23.4 Å². The number of halogens is 2. The Kier molecular flexibility index (Phi) is 4.93. The van der Waals surface area contributed by atoms with Gasteiger partial charge in [0.2, 0.25) is 0 Å². The first-order valence-corrected chi connectivity index (χ1v) is 6.29. The van der Waals surface area contributed by atoms with Gasteiger partial charge in [-0.25, -0.2) is 4.98 Å². The molecule has 0 aliphatic heterocycles. The average Bonchev–Trinajstić information content (AvgIpc) is 2.38. The standard InChI is InChI=1S/C13H12Cl2N2O/c14-12-7-13(15)17-8-10(12)9-18-6-4-11-3-1-2-5-16-11/h1-3,5,7-8H,4,6,9H2. The lowest BCUT2D eigenvalue weighted by atomic mass is 10.3. The minimum Gasteiger partial charge on any atom is -0.376 e. The molecule has 3 nitrogen and oxygen atoms in total. The van der Waals surface area contributed by atoms with Crippen LogP contribution >= 0.6 is 23.2 Å². The quantitative estimate of drug-likeness (QED) is 0.622. The summed E-state index contributed by atoms with van der Waals surface area (Å²) in [6.07, 6.45) is 4.18. The summed E-state index contributed by atoms with van der Waals surface area (Å²) < 4.78 is 5.54. The van der Waals surface area contributed by atoms with Crippen molar-refractivity contribution in [3.8, 4) is 0 Å². The maximum absolute atomic E-state index is 6.01. The van der Waals surface area contributed by atoms with E-state index in [0.717, 1.165) is 17.7 Å². The van der Waals surface area contributed by atoms with Gasteiger partial charge in [-0.05, 0) is 18.2 Å². The number of nitrogens with zero attached hydrogens (tertiary/aromatic N) is 2. The molecule has 0 saturated heterocycles. The zero-order valence-corrected chi connectivity index (χ0v) is 11.2. The van der Waals surface area contributed by atoms with E-state index in [2.05, 4.69) is 9.97 Å². The van der Waals surface area contributed by atoms with E-state index < -0.39 is 0 Å². The van der Waals surface area contributed by atoms with Gasteiger partial charge in [0, 0.05) is 30.1 Å². The molecule has 0 radical (unpaired) electrons. The predicted octanol–water partition coefficient (Wildman–Crippen LogP) is 3.54. The van der Waals surface area contributed by atoms with Gasteiger partial charge in [0.05, 0.1) is 18.2 Å². The largest absolute Gasteiger partial charge is 0.376 e. The molecule has 2 aromatic heterocycles. The molecule has 2 aromatic rings. The van der Waals surface area contributed by atoms with E-state index in [-0.39, 0.29) is 0 Å². The van der Waals surface area contributed by atoms with Gasteiger partial charge in [-0.3, -0.25) is 4.98 Å². The van der Waals surface area contributed by atoms with E-state index in [1.807, 2.05) is 18.2 Å². The zero-order valence-electron chi connectivity index (χ0n) is 9.64. The first-order chi connectivity index (χ1) is 8.75. The molecule has 0 aromatic carbocycles. The highest BCUT2D eigenvalue weighted by Gasteiger charge is 2.02. The Hall–Kier alpha value is -1.16. The van der Waals surface area contributed by atoms with Crippen LogP contribution in [0, 0.1) is 0 Å². The molecule has 0 saturated carbocycles. The molecular formula is C13H12Cl2N2O. The number of aromatic nitrogens is 2. The number of rotatable bonds is 5. The van der Waals surface area contributed by atoms with Crippen molar-refractivity contribution in [2.45, 2.75) is 13.0 Å². The summed E-state index contributed by atoms with van der Waals surface area (Å²) in [5.74, 6) is 0. The van der Waals surface area contributed by atoms with E-state index in [9.17, 15) is 0 Å². The Bertz CT molecular complexity index is 506. The first-order valence-electron chi connectivity index (χ1n) is 5.53. The summed E-state index contributed by atoms with van der Waals surface area (Å²) >= 11 is 11.7. The van der Waals surface area contributed by atoms with Gasteiger partial charge in [-0.2, -0.15) is 0 Å². The Morgan fingerprint density at radius 2 is 2.06 bits per heavy atom. The maximum Gasteiger partial charge on any atom is 0.130 e. The highest BCUT2D eigenvalue weighted by atomic mass is 35.5.